The molecule has 1 aliphatic rings. The van der Waals surface area contributed by atoms with Crippen LogP contribution in [0.15, 0.2) is 36.2 Å². The number of hydrogen-bond donors (Lipinski definition) is 0. The first-order chi connectivity index (χ1) is 11.7. The number of ether oxygens (including phenoxy) is 2. The van der Waals surface area contributed by atoms with Gasteiger partial charge in [0.25, 0.3) is 5.91 Å². The highest BCUT2D eigenvalue weighted by atomic mass is 32.1. The van der Waals surface area contributed by atoms with Gasteiger partial charge in [0.1, 0.15) is 0 Å². The highest BCUT2D eigenvalue weighted by molar-refractivity contribution is 7.10. The van der Waals surface area contributed by atoms with Crippen LogP contribution in [0, 0.1) is 0 Å². The average molecular weight is 343 g/mol. The van der Waals surface area contributed by atoms with Crippen LogP contribution in [-0.4, -0.2) is 31.6 Å². The Morgan fingerprint density at radius 1 is 1.38 bits per heavy atom. The van der Waals surface area contributed by atoms with Gasteiger partial charge in [0.05, 0.1) is 14.2 Å². The van der Waals surface area contributed by atoms with E-state index >= 15 is 0 Å². The first kappa shape index (κ1) is 16.6. The Morgan fingerprint density at radius 2 is 2.21 bits per heavy atom. The molecule has 0 N–H and O–H groups in total. The van der Waals surface area contributed by atoms with Crippen LogP contribution in [0.2, 0.25) is 0 Å². The summed E-state index contributed by atoms with van der Waals surface area (Å²) in [6.45, 7) is 5.20. The Balaban J connectivity index is 1.92. The van der Waals surface area contributed by atoms with E-state index in [0.29, 0.717) is 30.0 Å². The zero-order valence-electron chi connectivity index (χ0n) is 14.0. The van der Waals surface area contributed by atoms with E-state index in [0.717, 1.165) is 18.5 Å². The quantitative estimate of drug-likeness (QED) is 0.777. The van der Waals surface area contributed by atoms with Crippen molar-refractivity contribution in [2.75, 3.05) is 20.8 Å². The lowest BCUT2D eigenvalue weighted by Crippen LogP contribution is -2.35. The van der Waals surface area contributed by atoms with Crippen LogP contribution in [0.1, 0.15) is 26.4 Å². The van der Waals surface area contributed by atoms with Crippen molar-refractivity contribution in [1.82, 2.24) is 4.90 Å². The molecule has 5 heteroatoms. The predicted molar refractivity (Wildman–Crippen MR) is 96.2 cm³/mol. The van der Waals surface area contributed by atoms with Gasteiger partial charge in [-0.2, -0.15) is 0 Å². The first-order valence-corrected chi connectivity index (χ1v) is 8.76. The fourth-order valence-electron chi connectivity index (χ4n) is 3.08. The number of fused-ring (bicyclic) bond motifs is 1. The van der Waals surface area contributed by atoms with Gasteiger partial charge in [-0.25, -0.2) is 0 Å². The van der Waals surface area contributed by atoms with Gasteiger partial charge >= 0.3 is 0 Å². The summed E-state index contributed by atoms with van der Waals surface area (Å²) >= 11 is 1.77. The van der Waals surface area contributed by atoms with Crippen LogP contribution in [0.3, 0.4) is 0 Å². The van der Waals surface area contributed by atoms with Crippen LogP contribution in [0.25, 0.3) is 0 Å². The fraction of sp³-hybridized carbons (Fsp3) is 0.316. The maximum absolute atomic E-state index is 13.0. The number of carbonyl (C=O) groups is 1. The number of carbonyl (C=O) groups excluding carboxylic acids is 1. The van der Waals surface area contributed by atoms with E-state index in [4.69, 9.17) is 9.47 Å². The van der Waals surface area contributed by atoms with E-state index in [1.165, 1.54) is 10.4 Å². The molecule has 1 amide bonds. The minimum absolute atomic E-state index is 0.0260. The Hall–Kier alpha value is -2.27. The van der Waals surface area contributed by atoms with Crippen molar-refractivity contribution in [2.45, 2.75) is 19.4 Å². The van der Waals surface area contributed by atoms with Gasteiger partial charge in [-0.3, -0.25) is 4.79 Å². The van der Waals surface area contributed by atoms with Gasteiger partial charge < -0.3 is 14.4 Å². The maximum Gasteiger partial charge on any atom is 0.254 e. The van der Waals surface area contributed by atoms with Crippen LogP contribution < -0.4 is 9.47 Å². The second-order valence-electron chi connectivity index (χ2n) is 5.71. The summed E-state index contributed by atoms with van der Waals surface area (Å²) in [6.07, 6.45) is 3.34. The molecule has 1 aromatic heterocycles. The van der Waals surface area contributed by atoms with Crippen LogP contribution in [0.5, 0.6) is 11.5 Å². The smallest absolute Gasteiger partial charge is 0.254 e. The van der Waals surface area contributed by atoms with Crippen molar-refractivity contribution < 1.29 is 14.3 Å². The summed E-state index contributed by atoms with van der Waals surface area (Å²) in [4.78, 5) is 16.2. The van der Waals surface area contributed by atoms with Crippen molar-refractivity contribution in [3.8, 4) is 11.5 Å². The number of thiophene rings is 1. The highest BCUT2D eigenvalue weighted by Gasteiger charge is 2.24. The van der Waals surface area contributed by atoms with E-state index in [2.05, 4.69) is 18.0 Å². The Bertz CT molecular complexity index is 766. The monoisotopic (exact) mass is 343 g/mol. The third kappa shape index (κ3) is 3.04. The SMILES string of the molecule is C=CCc1cc(C(=O)N2CCc3sccc3C2)cc(OC)c1OC. The van der Waals surface area contributed by atoms with Gasteiger partial charge in [-0.1, -0.05) is 6.08 Å². The molecule has 0 radical (unpaired) electrons. The molecule has 0 aliphatic carbocycles. The molecule has 0 saturated carbocycles. The molecule has 126 valence electrons. The molecule has 24 heavy (non-hydrogen) atoms. The summed E-state index contributed by atoms with van der Waals surface area (Å²) in [7, 11) is 3.19. The van der Waals surface area contributed by atoms with E-state index < -0.39 is 0 Å². The van der Waals surface area contributed by atoms with Crippen molar-refractivity contribution in [2.24, 2.45) is 0 Å². The second-order valence-corrected chi connectivity index (χ2v) is 6.71. The Labute approximate surface area is 146 Å². The van der Waals surface area contributed by atoms with E-state index in [9.17, 15) is 4.79 Å². The first-order valence-electron chi connectivity index (χ1n) is 7.88. The van der Waals surface area contributed by atoms with Crippen LogP contribution in [0.4, 0.5) is 0 Å². The normalized spacial score (nSPS) is 13.3. The van der Waals surface area contributed by atoms with Crippen molar-refractivity contribution in [1.29, 1.82) is 0 Å². The third-order valence-electron chi connectivity index (χ3n) is 4.26. The Morgan fingerprint density at radius 3 is 2.92 bits per heavy atom. The van der Waals surface area contributed by atoms with Gasteiger partial charge in [-0.15, -0.1) is 17.9 Å². The molecular formula is C19H21NO3S. The number of benzene rings is 1. The van der Waals surface area contributed by atoms with Gasteiger partial charge in [0.2, 0.25) is 0 Å². The van der Waals surface area contributed by atoms with Gasteiger partial charge in [-0.05, 0) is 42.0 Å². The molecule has 0 atom stereocenters. The molecule has 0 spiro atoms. The highest BCUT2D eigenvalue weighted by Crippen LogP contribution is 2.34. The van der Waals surface area contributed by atoms with Crippen molar-refractivity contribution in [3.63, 3.8) is 0 Å². The topological polar surface area (TPSA) is 38.8 Å². The molecule has 2 heterocycles. The summed E-state index contributed by atoms with van der Waals surface area (Å²) in [6, 6.07) is 5.75. The lowest BCUT2D eigenvalue weighted by atomic mass is 10.0. The van der Waals surface area contributed by atoms with Crippen LogP contribution >= 0.6 is 11.3 Å². The molecular weight excluding hydrogens is 322 g/mol. The predicted octanol–water partition coefficient (Wildman–Crippen LogP) is 3.69. The summed E-state index contributed by atoms with van der Waals surface area (Å²) in [5, 5.41) is 2.09. The molecule has 3 rings (SSSR count). The molecule has 0 fully saturated rings. The number of amides is 1. The summed E-state index contributed by atoms with van der Waals surface area (Å²) < 4.78 is 10.9. The zero-order valence-corrected chi connectivity index (χ0v) is 14.8. The second kappa shape index (κ2) is 7.09. The molecule has 4 nitrogen and oxygen atoms in total. The van der Waals surface area contributed by atoms with Gasteiger partial charge in [0.15, 0.2) is 11.5 Å². The largest absolute Gasteiger partial charge is 0.493 e. The number of allylic oxidation sites excluding steroid dienone is 1. The summed E-state index contributed by atoms with van der Waals surface area (Å²) in [5.41, 5.74) is 2.79. The lowest BCUT2D eigenvalue weighted by molar-refractivity contribution is 0.0735. The molecule has 1 aromatic carbocycles. The van der Waals surface area contributed by atoms with E-state index in [-0.39, 0.29) is 5.91 Å². The lowest BCUT2D eigenvalue weighted by Gasteiger charge is -2.27. The fourth-order valence-corrected chi connectivity index (χ4v) is 3.97. The van der Waals surface area contributed by atoms with E-state index in [1.807, 2.05) is 11.0 Å². The Kier molecular flexibility index (Phi) is 4.90. The summed E-state index contributed by atoms with van der Waals surface area (Å²) in [5.74, 6) is 1.26. The van der Waals surface area contributed by atoms with Crippen molar-refractivity contribution in [3.05, 3.63) is 57.8 Å². The molecule has 0 unspecified atom stereocenters. The minimum Gasteiger partial charge on any atom is -0.493 e. The van der Waals surface area contributed by atoms with Crippen LogP contribution in [-0.2, 0) is 19.4 Å². The number of methoxy groups -OCH3 is 2. The number of hydrogen-bond acceptors (Lipinski definition) is 4. The van der Waals surface area contributed by atoms with Gasteiger partial charge in [0, 0.05) is 29.1 Å². The minimum atomic E-state index is 0.0260. The number of nitrogens with zero attached hydrogens (tertiary/aromatic N) is 1. The third-order valence-corrected chi connectivity index (χ3v) is 5.28. The standard InChI is InChI=1S/C19H21NO3S/c1-4-5-13-10-15(11-16(22-2)18(13)23-3)19(21)20-8-6-17-14(12-20)7-9-24-17/h4,7,9-11H,1,5-6,8,12H2,2-3H3. The van der Waals surface area contributed by atoms with E-state index in [1.54, 1.807) is 37.7 Å². The average Bonchev–Trinajstić information content (AvgIpc) is 3.08. The van der Waals surface area contributed by atoms with Crippen molar-refractivity contribution >= 4 is 17.2 Å². The molecule has 0 bridgehead atoms. The number of rotatable bonds is 5. The maximum atomic E-state index is 13.0. The molecule has 2 aromatic rings. The zero-order chi connectivity index (χ0) is 17.1. The molecule has 0 saturated heterocycles. The molecule has 1 aliphatic heterocycles.